The Bertz CT molecular complexity index is 1060. The van der Waals surface area contributed by atoms with Crippen molar-refractivity contribution in [2.24, 2.45) is 0 Å². The number of aromatic nitrogens is 4. The van der Waals surface area contributed by atoms with Crippen LogP contribution in [0.4, 0.5) is 11.6 Å². The molecule has 0 amide bonds. The zero-order valence-electron chi connectivity index (χ0n) is 14.4. The first-order valence-corrected chi connectivity index (χ1v) is 8.04. The summed E-state index contributed by atoms with van der Waals surface area (Å²) in [4.78, 5) is 8.85. The van der Waals surface area contributed by atoms with E-state index in [0.29, 0.717) is 23.3 Å². The molecule has 0 unspecified atom stereocenters. The van der Waals surface area contributed by atoms with Crippen LogP contribution < -0.4 is 14.8 Å². The molecule has 2 aromatic heterocycles. The van der Waals surface area contributed by atoms with E-state index in [9.17, 15) is 0 Å². The minimum atomic E-state index is 0.467. The molecule has 0 saturated heterocycles. The van der Waals surface area contributed by atoms with Gasteiger partial charge in [-0.05, 0) is 18.2 Å². The smallest absolute Gasteiger partial charge is 0.229 e. The van der Waals surface area contributed by atoms with Crippen molar-refractivity contribution in [1.82, 2.24) is 19.7 Å². The van der Waals surface area contributed by atoms with Gasteiger partial charge in [-0.2, -0.15) is 10.1 Å². The number of fused-ring (bicyclic) bond motifs is 1. The van der Waals surface area contributed by atoms with Crippen LogP contribution in [0.2, 0.25) is 0 Å². The molecular weight excluding hydrogens is 330 g/mol. The summed E-state index contributed by atoms with van der Waals surface area (Å²) in [6, 6.07) is 15.3. The van der Waals surface area contributed by atoms with Crippen molar-refractivity contribution in [3.05, 3.63) is 60.9 Å². The van der Waals surface area contributed by atoms with Gasteiger partial charge in [-0.3, -0.25) is 0 Å². The molecule has 4 rings (SSSR count). The molecule has 2 aromatic carbocycles. The number of para-hydroxylation sites is 1. The molecule has 7 nitrogen and oxygen atoms in total. The second kappa shape index (κ2) is 6.72. The molecule has 0 fully saturated rings. The standard InChI is InChI=1S/C19H17N5O2/c1-25-16-8-7-14(11-17(16)26-2)22-19-20-10-9-18(23-19)24-15-6-4-3-5-13(15)12-21-24/h3-12H,1-2H3,(H,20,22,23). The second-order valence-electron chi connectivity index (χ2n) is 5.55. The van der Waals surface area contributed by atoms with Crippen molar-refractivity contribution in [2.75, 3.05) is 19.5 Å². The van der Waals surface area contributed by atoms with Crippen LogP contribution >= 0.6 is 0 Å². The van der Waals surface area contributed by atoms with E-state index in [2.05, 4.69) is 20.4 Å². The highest BCUT2D eigenvalue weighted by Crippen LogP contribution is 2.30. The normalized spacial score (nSPS) is 10.7. The topological polar surface area (TPSA) is 74.1 Å². The summed E-state index contributed by atoms with van der Waals surface area (Å²) < 4.78 is 12.4. The molecule has 2 heterocycles. The predicted octanol–water partition coefficient (Wildman–Crippen LogP) is 3.58. The Morgan fingerprint density at radius 2 is 1.81 bits per heavy atom. The van der Waals surface area contributed by atoms with Crippen LogP contribution in [0.25, 0.3) is 16.7 Å². The lowest BCUT2D eigenvalue weighted by atomic mass is 10.2. The van der Waals surface area contributed by atoms with E-state index >= 15 is 0 Å². The third kappa shape index (κ3) is 2.90. The van der Waals surface area contributed by atoms with Crippen LogP contribution in [0.1, 0.15) is 0 Å². The largest absolute Gasteiger partial charge is 0.493 e. The van der Waals surface area contributed by atoms with Gasteiger partial charge >= 0.3 is 0 Å². The predicted molar refractivity (Wildman–Crippen MR) is 99.5 cm³/mol. The Morgan fingerprint density at radius 3 is 2.65 bits per heavy atom. The number of anilines is 2. The van der Waals surface area contributed by atoms with Gasteiger partial charge in [0.15, 0.2) is 17.3 Å². The molecule has 0 atom stereocenters. The molecule has 0 aliphatic rings. The Morgan fingerprint density at radius 1 is 0.962 bits per heavy atom. The number of nitrogens with one attached hydrogen (secondary N) is 1. The molecule has 7 heteroatoms. The maximum atomic E-state index is 5.33. The summed E-state index contributed by atoms with van der Waals surface area (Å²) >= 11 is 0. The molecule has 130 valence electrons. The van der Waals surface area contributed by atoms with E-state index in [1.807, 2.05) is 54.7 Å². The zero-order chi connectivity index (χ0) is 17.9. The van der Waals surface area contributed by atoms with Crippen LogP contribution in [-0.2, 0) is 0 Å². The number of hydrogen-bond donors (Lipinski definition) is 1. The van der Waals surface area contributed by atoms with Crippen molar-refractivity contribution < 1.29 is 9.47 Å². The minimum Gasteiger partial charge on any atom is -0.493 e. The van der Waals surface area contributed by atoms with Gasteiger partial charge < -0.3 is 14.8 Å². The average Bonchev–Trinajstić information content (AvgIpc) is 3.12. The Hall–Kier alpha value is -3.61. The number of ether oxygens (including phenoxy) is 2. The average molecular weight is 347 g/mol. The summed E-state index contributed by atoms with van der Waals surface area (Å²) in [5.41, 5.74) is 1.79. The Balaban J connectivity index is 1.66. The van der Waals surface area contributed by atoms with Gasteiger partial charge in [0, 0.05) is 29.4 Å². The first-order valence-electron chi connectivity index (χ1n) is 8.04. The quantitative estimate of drug-likeness (QED) is 0.595. The van der Waals surface area contributed by atoms with E-state index in [1.165, 1.54) is 0 Å². The summed E-state index contributed by atoms with van der Waals surface area (Å²) in [6.07, 6.45) is 3.51. The summed E-state index contributed by atoms with van der Waals surface area (Å²) in [7, 11) is 3.20. The molecule has 0 aliphatic carbocycles. The second-order valence-corrected chi connectivity index (χ2v) is 5.55. The number of nitrogens with zero attached hydrogens (tertiary/aromatic N) is 4. The van der Waals surface area contributed by atoms with E-state index in [0.717, 1.165) is 16.6 Å². The zero-order valence-corrected chi connectivity index (χ0v) is 14.4. The Labute approximate surface area is 150 Å². The van der Waals surface area contributed by atoms with E-state index in [1.54, 1.807) is 25.1 Å². The van der Waals surface area contributed by atoms with Gasteiger partial charge in [-0.1, -0.05) is 18.2 Å². The number of rotatable bonds is 5. The van der Waals surface area contributed by atoms with Crippen molar-refractivity contribution >= 4 is 22.5 Å². The molecule has 0 radical (unpaired) electrons. The number of methoxy groups -OCH3 is 2. The SMILES string of the molecule is COc1ccc(Nc2nccc(-n3ncc4ccccc43)n2)cc1OC. The molecular formula is C19H17N5O2. The van der Waals surface area contributed by atoms with Gasteiger partial charge in [0.2, 0.25) is 5.95 Å². The lowest BCUT2D eigenvalue weighted by Gasteiger charge is -2.11. The highest BCUT2D eigenvalue weighted by Gasteiger charge is 2.09. The first kappa shape index (κ1) is 15.9. The van der Waals surface area contributed by atoms with Gasteiger partial charge in [0.25, 0.3) is 0 Å². The van der Waals surface area contributed by atoms with Crippen LogP contribution in [0, 0.1) is 0 Å². The molecule has 1 N–H and O–H groups in total. The number of benzene rings is 2. The van der Waals surface area contributed by atoms with Gasteiger partial charge in [-0.15, -0.1) is 0 Å². The fourth-order valence-corrected chi connectivity index (χ4v) is 2.72. The van der Waals surface area contributed by atoms with Crippen molar-refractivity contribution in [2.45, 2.75) is 0 Å². The molecule has 0 aliphatic heterocycles. The highest BCUT2D eigenvalue weighted by atomic mass is 16.5. The number of hydrogen-bond acceptors (Lipinski definition) is 6. The summed E-state index contributed by atoms with van der Waals surface area (Å²) in [6.45, 7) is 0. The lowest BCUT2D eigenvalue weighted by Crippen LogP contribution is -2.04. The molecule has 26 heavy (non-hydrogen) atoms. The molecule has 0 bridgehead atoms. The van der Waals surface area contributed by atoms with Crippen molar-refractivity contribution in [3.63, 3.8) is 0 Å². The van der Waals surface area contributed by atoms with Gasteiger partial charge in [0.05, 0.1) is 25.9 Å². The van der Waals surface area contributed by atoms with Crippen molar-refractivity contribution in [3.8, 4) is 17.3 Å². The fraction of sp³-hybridized carbons (Fsp3) is 0.105. The van der Waals surface area contributed by atoms with Crippen LogP contribution in [0.15, 0.2) is 60.9 Å². The summed E-state index contributed by atoms with van der Waals surface area (Å²) in [5.74, 6) is 2.45. The lowest BCUT2D eigenvalue weighted by molar-refractivity contribution is 0.355. The van der Waals surface area contributed by atoms with E-state index in [-0.39, 0.29) is 0 Å². The van der Waals surface area contributed by atoms with Crippen molar-refractivity contribution in [1.29, 1.82) is 0 Å². The van der Waals surface area contributed by atoms with Gasteiger partial charge in [-0.25, -0.2) is 9.67 Å². The van der Waals surface area contributed by atoms with Crippen LogP contribution in [0.5, 0.6) is 11.5 Å². The van der Waals surface area contributed by atoms with E-state index < -0.39 is 0 Å². The van der Waals surface area contributed by atoms with E-state index in [4.69, 9.17) is 9.47 Å². The van der Waals surface area contributed by atoms with Gasteiger partial charge in [0.1, 0.15) is 0 Å². The molecule has 0 saturated carbocycles. The van der Waals surface area contributed by atoms with Crippen LogP contribution in [0.3, 0.4) is 0 Å². The molecule has 4 aromatic rings. The third-order valence-electron chi connectivity index (χ3n) is 3.97. The van der Waals surface area contributed by atoms with Crippen LogP contribution in [-0.4, -0.2) is 34.0 Å². The maximum absolute atomic E-state index is 5.33. The highest BCUT2D eigenvalue weighted by molar-refractivity contribution is 5.79. The third-order valence-corrected chi connectivity index (χ3v) is 3.97. The fourth-order valence-electron chi connectivity index (χ4n) is 2.72. The molecule has 0 spiro atoms. The maximum Gasteiger partial charge on any atom is 0.229 e. The monoisotopic (exact) mass is 347 g/mol. The minimum absolute atomic E-state index is 0.467. The first-order chi connectivity index (χ1) is 12.8. The summed E-state index contributed by atoms with van der Waals surface area (Å²) in [5, 5.41) is 8.66. The Kier molecular flexibility index (Phi) is 4.10.